The van der Waals surface area contributed by atoms with Crippen molar-refractivity contribution in [1.82, 2.24) is 20.0 Å². The summed E-state index contributed by atoms with van der Waals surface area (Å²) in [5.41, 5.74) is 2.62. The van der Waals surface area contributed by atoms with E-state index in [0.717, 1.165) is 22.8 Å². The Hall–Kier alpha value is -2.35. The molecule has 0 saturated carbocycles. The lowest BCUT2D eigenvalue weighted by atomic mass is 10.2. The van der Waals surface area contributed by atoms with E-state index in [1.165, 1.54) is 0 Å². The van der Waals surface area contributed by atoms with Crippen LogP contribution in [0.25, 0.3) is 5.65 Å². The number of benzene rings is 1. The Bertz CT molecular complexity index is 848. The fourth-order valence-electron chi connectivity index (χ4n) is 2.65. The number of carbonyl (C=O) groups excluding carboxylic acids is 1. The fraction of sp³-hybridized carbons (Fsp3) is 0.300. The maximum absolute atomic E-state index is 12.5. The van der Waals surface area contributed by atoms with E-state index in [0.29, 0.717) is 31.0 Å². The summed E-state index contributed by atoms with van der Waals surface area (Å²) in [4.78, 5) is 18.1. The van der Waals surface area contributed by atoms with Crippen LogP contribution < -0.4 is 10.6 Å². The van der Waals surface area contributed by atoms with Gasteiger partial charge >= 0.3 is 0 Å². The van der Waals surface area contributed by atoms with Crippen molar-refractivity contribution in [2.24, 2.45) is 0 Å². The molecule has 27 heavy (non-hydrogen) atoms. The van der Waals surface area contributed by atoms with Crippen LogP contribution >= 0.6 is 11.8 Å². The standard InChI is InChI=1S/C20H24N4O2S/c1-26-13-11-21-9-10-22-20(25)17-6-2-3-7-18(17)27-15-16-14-24-12-5-4-8-19(24)23-16/h2-8,12,14,21H,9-11,13,15H2,1H3,(H,22,25). The Morgan fingerprint density at radius 1 is 1.15 bits per heavy atom. The van der Waals surface area contributed by atoms with Crippen LogP contribution in [0.4, 0.5) is 0 Å². The number of rotatable bonds is 10. The average molecular weight is 385 g/mol. The molecule has 0 aliphatic carbocycles. The first-order chi connectivity index (χ1) is 13.3. The van der Waals surface area contributed by atoms with Gasteiger partial charge in [-0.1, -0.05) is 18.2 Å². The number of ether oxygens (including phenoxy) is 1. The molecule has 0 fully saturated rings. The van der Waals surface area contributed by atoms with E-state index in [-0.39, 0.29) is 5.91 Å². The number of hydrogen-bond acceptors (Lipinski definition) is 5. The molecule has 1 amide bonds. The van der Waals surface area contributed by atoms with Gasteiger partial charge in [0.2, 0.25) is 0 Å². The van der Waals surface area contributed by atoms with Crippen LogP contribution in [0.2, 0.25) is 0 Å². The summed E-state index contributed by atoms with van der Waals surface area (Å²) in [5.74, 6) is 0.659. The summed E-state index contributed by atoms with van der Waals surface area (Å²) in [6, 6.07) is 13.6. The molecule has 0 bridgehead atoms. The number of amides is 1. The smallest absolute Gasteiger partial charge is 0.252 e. The summed E-state index contributed by atoms with van der Waals surface area (Å²) in [5, 5.41) is 6.17. The Morgan fingerprint density at radius 2 is 2.00 bits per heavy atom. The van der Waals surface area contributed by atoms with Gasteiger partial charge in [0.15, 0.2) is 0 Å². The molecule has 0 radical (unpaired) electrons. The molecule has 1 aromatic carbocycles. The molecule has 2 aromatic heterocycles. The van der Waals surface area contributed by atoms with Gasteiger partial charge < -0.3 is 19.8 Å². The number of nitrogens with zero attached hydrogens (tertiary/aromatic N) is 2. The number of imidazole rings is 1. The predicted molar refractivity (Wildman–Crippen MR) is 108 cm³/mol. The molecule has 7 heteroatoms. The van der Waals surface area contributed by atoms with E-state index in [1.807, 2.05) is 59.3 Å². The van der Waals surface area contributed by atoms with Crippen molar-refractivity contribution in [3.05, 3.63) is 66.1 Å². The molecule has 3 aromatic rings. The van der Waals surface area contributed by atoms with Gasteiger partial charge in [-0.2, -0.15) is 0 Å². The van der Waals surface area contributed by atoms with Gasteiger partial charge in [-0.15, -0.1) is 11.8 Å². The molecule has 142 valence electrons. The summed E-state index contributed by atoms with van der Waals surface area (Å²) in [7, 11) is 1.67. The summed E-state index contributed by atoms with van der Waals surface area (Å²) in [6.45, 7) is 2.73. The van der Waals surface area contributed by atoms with Gasteiger partial charge in [-0.3, -0.25) is 4.79 Å². The van der Waals surface area contributed by atoms with Gasteiger partial charge in [0.1, 0.15) is 5.65 Å². The SMILES string of the molecule is COCCNCCNC(=O)c1ccccc1SCc1cn2ccccc2n1. The Labute approximate surface area is 163 Å². The van der Waals surface area contributed by atoms with Crippen LogP contribution in [0.3, 0.4) is 0 Å². The molecule has 6 nitrogen and oxygen atoms in total. The highest BCUT2D eigenvalue weighted by molar-refractivity contribution is 7.98. The molecule has 0 saturated heterocycles. The number of pyridine rings is 1. The lowest BCUT2D eigenvalue weighted by Gasteiger charge is -2.10. The minimum atomic E-state index is -0.0540. The van der Waals surface area contributed by atoms with E-state index in [9.17, 15) is 4.79 Å². The van der Waals surface area contributed by atoms with E-state index >= 15 is 0 Å². The number of aromatic nitrogens is 2. The van der Waals surface area contributed by atoms with Crippen molar-refractivity contribution in [3.63, 3.8) is 0 Å². The Morgan fingerprint density at radius 3 is 2.85 bits per heavy atom. The molecule has 2 N–H and O–H groups in total. The molecule has 0 atom stereocenters. The second-order valence-corrected chi connectivity index (χ2v) is 7.00. The number of thioether (sulfide) groups is 1. The number of fused-ring (bicyclic) bond motifs is 1. The zero-order chi connectivity index (χ0) is 18.9. The highest BCUT2D eigenvalue weighted by Gasteiger charge is 2.11. The van der Waals surface area contributed by atoms with Crippen molar-refractivity contribution in [2.75, 3.05) is 33.4 Å². The molecule has 0 aliphatic rings. The normalized spacial score (nSPS) is 11.0. The molecule has 0 aliphatic heterocycles. The highest BCUT2D eigenvalue weighted by atomic mass is 32.2. The van der Waals surface area contributed by atoms with Crippen LogP contribution in [0.15, 0.2) is 59.8 Å². The summed E-state index contributed by atoms with van der Waals surface area (Å²) < 4.78 is 6.98. The zero-order valence-corrected chi connectivity index (χ0v) is 16.2. The monoisotopic (exact) mass is 384 g/mol. The first-order valence-electron chi connectivity index (χ1n) is 8.90. The van der Waals surface area contributed by atoms with Crippen molar-refractivity contribution < 1.29 is 9.53 Å². The summed E-state index contributed by atoms with van der Waals surface area (Å²) >= 11 is 1.63. The fourth-order valence-corrected chi connectivity index (χ4v) is 3.58. The van der Waals surface area contributed by atoms with Crippen LogP contribution in [-0.4, -0.2) is 48.6 Å². The van der Waals surface area contributed by atoms with E-state index in [2.05, 4.69) is 15.6 Å². The number of methoxy groups -OCH3 is 1. The second kappa shape index (κ2) is 10.1. The first kappa shape index (κ1) is 19.4. The third kappa shape index (κ3) is 5.56. The minimum Gasteiger partial charge on any atom is -0.383 e. The minimum absolute atomic E-state index is 0.0540. The maximum atomic E-state index is 12.5. The van der Waals surface area contributed by atoms with Gasteiger partial charge in [-0.05, 0) is 24.3 Å². The van der Waals surface area contributed by atoms with E-state index in [1.54, 1.807) is 18.9 Å². The second-order valence-electron chi connectivity index (χ2n) is 5.98. The number of carbonyl (C=O) groups is 1. The molecule has 0 spiro atoms. The molecular formula is C20H24N4O2S. The van der Waals surface area contributed by atoms with Crippen LogP contribution in [0.5, 0.6) is 0 Å². The first-order valence-corrected chi connectivity index (χ1v) is 9.89. The molecule has 2 heterocycles. The number of nitrogens with one attached hydrogen (secondary N) is 2. The van der Waals surface area contributed by atoms with Gasteiger partial charge in [0.05, 0.1) is 17.9 Å². The zero-order valence-electron chi connectivity index (χ0n) is 15.4. The third-order valence-corrected chi connectivity index (χ3v) is 5.10. The Kier molecular flexibility index (Phi) is 7.27. The van der Waals surface area contributed by atoms with Crippen LogP contribution in [0.1, 0.15) is 16.1 Å². The van der Waals surface area contributed by atoms with Crippen LogP contribution in [-0.2, 0) is 10.5 Å². The molecule has 0 unspecified atom stereocenters. The largest absolute Gasteiger partial charge is 0.383 e. The average Bonchev–Trinajstić information content (AvgIpc) is 3.12. The van der Waals surface area contributed by atoms with Gasteiger partial charge in [-0.25, -0.2) is 4.98 Å². The van der Waals surface area contributed by atoms with Crippen LogP contribution in [0, 0.1) is 0 Å². The molecular weight excluding hydrogens is 360 g/mol. The third-order valence-electron chi connectivity index (χ3n) is 3.99. The topological polar surface area (TPSA) is 67.7 Å². The van der Waals surface area contributed by atoms with E-state index < -0.39 is 0 Å². The summed E-state index contributed by atoms with van der Waals surface area (Å²) in [6.07, 6.45) is 4.01. The maximum Gasteiger partial charge on any atom is 0.252 e. The van der Waals surface area contributed by atoms with Gasteiger partial charge in [0.25, 0.3) is 5.91 Å². The predicted octanol–water partition coefficient (Wildman–Crippen LogP) is 2.59. The van der Waals surface area contributed by atoms with Gasteiger partial charge in [0, 0.05) is 49.8 Å². The van der Waals surface area contributed by atoms with Crippen molar-refractivity contribution in [2.45, 2.75) is 10.6 Å². The number of hydrogen-bond donors (Lipinski definition) is 2. The molecule has 3 rings (SSSR count). The lowest BCUT2D eigenvalue weighted by Crippen LogP contribution is -2.33. The van der Waals surface area contributed by atoms with Crippen molar-refractivity contribution >= 4 is 23.3 Å². The lowest BCUT2D eigenvalue weighted by molar-refractivity contribution is 0.0951. The van der Waals surface area contributed by atoms with E-state index in [4.69, 9.17) is 4.74 Å². The van der Waals surface area contributed by atoms with Crippen molar-refractivity contribution in [3.8, 4) is 0 Å². The quantitative estimate of drug-likeness (QED) is 0.415. The Balaban J connectivity index is 1.55. The van der Waals surface area contributed by atoms with Crippen molar-refractivity contribution in [1.29, 1.82) is 0 Å². The highest BCUT2D eigenvalue weighted by Crippen LogP contribution is 2.26.